The van der Waals surface area contributed by atoms with Gasteiger partial charge in [0.05, 0.1) is 38.3 Å². The van der Waals surface area contributed by atoms with Crippen molar-refractivity contribution in [2.45, 2.75) is 196 Å². The third-order valence-corrected chi connectivity index (χ3v) is 17.4. The SMILES string of the molecule is CC1=C(CC[C@@H](C)CO[C@H]2O[C@H](CO)[C@@H](O)[C@H](O)[C@H]2O)O[C@H]2C[C@H]3[C@@H]4CC[C@@H]5C[C@@H](O[C@@H]6O[C@H](CO)[C@H](O)[C@H](O)[C@H]6O[C@@H]6O[C@H](CO)[C@@H](O)[C@H](O)[C@H]6O)CC[C@]5(C)[C@H]4CC[C@]3(C)[C@@H]12. The van der Waals surface area contributed by atoms with Crippen molar-refractivity contribution < 1.29 is 89.3 Å². The van der Waals surface area contributed by atoms with Crippen molar-refractivity contribution >= 4 is 0 Å². The van der Waals surface area contributed by atoms with Crippen LogP contribution in [0.3, 0.4) is 0 Å². The number of ether oxygens (including phenoxy) is 7. The molecular weight excluding hydrogens is 828 g/mol. The third kappa shape index (κ3) is 8.68. The Kier molecular flexibility index (Phi) is 14.6. The maximum absolute atomic E-state index is 11.2. The van der Waals surface area contributed by atoms with Crippen LogP contribution in [0.5, 0.6) is 0 Å². The lowest BCUT2D eigenvalue weighted by atomic mass is 9.44. The molecule has 11 N–H and O–H groups in total. The highest BCUT2D eigenvalue weighted by molar-refractivity contribution is 5.26. The molecule has 4 aliphatic heterocycles. The van der Waals surface area contributed by atoms with Crippen LogP contribution in [-0.2, 0) is 33.2 Å². The van der Waals surface area contributed by atoms with E-state index in [9.17, 15) is 56.2 Å². The Bertz CT molecular complexity index is 1580. The molecule has 4 heterocycles. The summed E-state index contributed by atoms with van der Waals surface area (Å²) < 4.78 is 42.2. The van der Waals surface area contributed by atoms with Crippen molar-refractivity contribution in [1.29, 1.82) is 0 Å². The molecule has 0 amide bonds. The second-order valence-corrected chi connectivity index (χ2v) is 20.9. The highest BCUT2D eigenvalue weighted by atomic mass is 16.8. The number of fused-ring (bicyclic) bond motifs is 7. The normalized spacial score (nSPS) is 52.7. The van der Waals surface area contributed by atoms with E-state index < -0.39 is 112 Å². The first-order chi connectivity index (χ1) is 29.9. The van der Waals surface area contributed by atoms with Gasteiger partial charge in [0.1, 0.15) is 79.4 Å². The fourth-order valence-corrected chi connectivity index (χ4v) is 13.7. The van der Waals surface area contributed by atoms with E-state index in [0.717, 1.165) is 70.0 Å². The van der Waals surface area contributed by atoms with Gasteiger partial charge in [-0.25, -0.2) is 0 Å². The summed E-state index contributed by atoms with van der Waals surface area (Å²) in [6.45, 7) is 7.74. The molecule has 3 saturated heterocycles. The summed E-state index contributed by atoms with van der Waals surface area (Å²) in [7, 11) is 0. The van der Waals surface area contributed by atoms with Gasteiger partial charge in [-0.1, -0.05) is 20.8 Å². The Morgan fingerprint density at radius 2 is 1.22 bits per heavy atom. The van der Waals surface area contributed by atoms with Crippen LogP contribution in [0.25, 0.3) is 0 Å². The lowest BCUT2D eigenvalue weighted by molar-refractivity contribution is -0.373. The summed E-state index contributed by atoms with van der Waals surface area (Å²) in [5.41, 5.74) is 1.57. The number of aliphatic hydroxyl groups is 11. The average Bonchev–Trinajstić information content (AvgIpc) is 3.76. The maximum atomic E-state index is 11.2. The molecule has 0 bridgehead atoms. The number of allylic oxidation sites excluding steroid dienone is 1. The van der Waals surface area contributed by atoms with E-state index >= 15 is 0 Å². The zero-order chi connectivity index (χ0) is 45.3. The van der Waals surface area contributed by atoms with Crippen LogP contribution in [0.1, 0.15) is 91.9 Å². The van der Waals surface area contributed by atoms with E-state index in [4.69, 9.17) is 33.2 Å². The second-order valence-electron chi connectivity index (χ2n) is 20.9. The van der Waals surface area contributed by atoms with E-state index in [1.54, 1.807) is 0 Å². The molecule has 0 unspecified atom stereocenters. The van der Waals surface area contributed by atoms with Gasteiger partial charge in [-0.3, -0.25) is 0 Å². The van der Waals surface area contributed by atoms with Crippen LogP contribution in [-0.4, -0.2) is 187 Å². The minimum atomic E-state index is -1.74. The smallest absolute Gasteiger partial charge is 0.187 e. The van der Waals surface area contributed by atoms with Crippen molar-refractivity contribution in [2.24, 2.45) is 46.3 Å². The van der Waals surface area contributed by atoms with E-state index in [2.05, 4.69) is 27.7 Å². The Hall–Kier alpha value is -1.14. The predicted octanol–water partition coefficient (Wildman–Crippen LogP) is -0.830. The summed E-state index contributed by atoms with van der Waals surface area (Å²) in [6, 6.07) is 0. The molecule has 63 heavy (non-hydrogen) atoms. The van der Waals surface area contributed by atoms with Gasteiger partial charge in [-0.2, -0.15) is 0 Å². The largest absolute Gasteiger partial charge is 0.494 e. The molecule has 0 aromatic carbocycles. The monoisotopic (exact) mass is 902 g/mol. The molecule has 25 atom stereocenters. The van der Waals surface area contributed by atoms with Crippen molar-refractivity contribution in [3.8, 4) is 0 Å². The van der Waals surface area contributed by atoms with Gasteiger partial charge in [-0.05, 0) is 111 Å². The molecule has 0 radical (unpaired) electrons. The van der Waals surface area contributed by atoms with Gasteiger partial charge in [-0.15, -0.1) is 0 Å². The third-order valence-electron chi connectivity index (χ3n) is 17.4. The lowest BCUT2D eigenvalue weighted by Crippen LogP contribution is -2.65. The van der Waals surface area contributed by atoms with Crippen LogP contribution in [0, 0.1) is 46.3 Å². The van der Waals surface area contributed by atoms with Crippen molar-refractivity contribution in [1.82, 2.24) is 0 Å². The number of rotatable bonds is 13. The number of aliphatic hydroxyl groups excluding tert-OH is 11. The second kappa shape index (κ2) is 19.1. The predicted molar refractivity (Wildman–Crippen MR) is 218 cm³/mol. The zero-order valence-electron chi connectivity index (χ0n) is 37.0. The average molecular weight is 903 g/mol. The molecule has 7 fully saturated rings. The van der Waals surface area contributed by atoms with Crippen LogP contribution < -0.4 is 0 Å². The van der Waals surface area contributed by atoms with Crippen LogP contribution in [0.15, 0.2) is 11.3 Å². The molecule has 362 valence electrons. The first-order valence-electron chi connectivity index (χ1n) is 23.5. The van der Waals surface area contributed by atoms with Gasteiger partial charge in [0, 0.05) is 12.3 Å². The van der Waals surface area contributed by atoms with E-state index in [1.807, 2.05) is 0 Å². The summed E-state index contributed by atoms with van der Waals surface area (Å²) in [6.07, 6.45) is -12.1. The molecule has 0 aromatic heterocycles. The minimum absolute atomic E-state index is 0.0928. The van der Waals surface area contributed by atoms with Crippen molar-refractivity contribution in [3.63, 3.8) is 0 Å². The summed E-state index contributed by atoms with van der Waals surface area (Å²) >= 11 is 0. The van der Waals surface area contributed by atoms with Gasteiger partial charge in [0.15, 0.2) is 18.9 Å². The van der Waals surface area contributed by atoms with E-state index in [-0.39, 0.29) is 35.6 Å². The van der Waals surface area contributed by atoms with E-state index in [0.29, 0.717) is 29.6 Å². The molecule has 18 nitrogen and oxygen atoms in total. The summed E-state index contributed by atoms with van der Waals surface area (Å²) in [5, 5.41) is 113. The zero-order valence-corrected chi connectivity index (χ0v) is 37.0. The summed E-state index contributed by atoms with van der Waals surface area (Å²) in [4.78, 5) is 0. The first-order valence-corrected chi connectivity index (χ1v) is 23.5. The molecular formula is C45H74O18. The minimum Gasteiger partial charge on any atom is -0.494 e. The van der Waals surface area contributed by atoms with Gasteiger partial charge in [0.2, 0.25) is 0 Å². The molecule has 8 rings (SSSR count). The first kappa shape index (κ1) is 48.3. The Morgan fingerprint density at radius 3 is 1.87 bits per heavy atom. The van der Waals surface area contributed by atoms with Gasteiger partial charge < -0.3 is 89.3 Å². The topological polar surface area (TPSA) is 287 Å². The Morgan fingerprint density at radius 1 is 0.635 bits per heavy atom. The summed E-state index contributed by atoms with van der Waals surface area (Å²) in [5.74, 6) is 3.56. The van der Waals surface area contributed by atoms with Crippen molar-refractivity contribution in [3.05, 3.63) is 11.3 Å². The standard InChI is InChI=1S/C45H74O18/c1-19(18-57-41-38(55)35(52)32(49)28(15-46)60-41)5-8-26-20(2)31-27(59-26)14-25-23-7-6-21-13-22(9-11-44(21,3)24(23)10-12-45(25,31)4)58-43-40(37(54)34(51)30(17-48)62-43)63-42-39(56)36(53)33(50)29(16-47)61-42/h19,21-25,27-43,46-56H,5-18H2,1-4H3/t19-,21-,22+,23-,24+,25+,27+,28-,29-,30-,31+,32-,33-,34+,35+,36+,37+,38-,39-,40-,41+,42+,43-,44+,45+/m1/s1. The molecule has 0 aromatic rings. The fraction of sp³-hybridized carbons (Fsp3) is 0.956. The van der Waals surface area contributed by atoms with Crippen LogP contribution in [0.2, 0.25) is 0 Å². The molecule has 4 saturated carbocycles. The van der Waals surface area contributed by atoms with Gasteiger partial charge >= 0.3 is 0 Å². The molecule has 18 heteroatoms. The van der Waals surface area contributed by atoms with E-state index in [1.165, 1.54) is 5.57 Å². The van der Waals surface area contributed by atoms with Gasteiger partial charge in [0.25, 0.3) is 0 Å². The molecule has 8 aliphatic rings. The fourth-order valence-electron chi connectivity index (χ4n) is 13.7. The molecule has 0 spiro atoms. The van der Waals surface area contributed by atoms with Crippen molar-refractivity contribution in [2.75, 3.05) is 26.4 Å². The molecule has 4 aliphatic carbocycles. The Balaban J connectivity index is 0.872. The number of hydrogen-bond acceptors (Lipinski definition) is 18. The quantitative estimate of drug-likeness (QED) is 0.101. The Labute approximate surface area is 369 Å². The van der Waals surface area contributed by atoms with Crippen LogP contribution in [0.4, 0.5) is 0 Å². The maximum Gasteiger partial charge on any atom is 0.187 e. The highest BCUT2D eigenvalue weighted by Crippen LogP contribution is 2.70. The van der Waals surface area contributed by atoms with Crippen LogP contribution >= 0.6 is 0 Å². The number of hydrogen-bond donors (Lipinski definition) is 11. The highest BCUT2D eigenvalue weighted by Gasteiger charge is 2.65. The lowest BCUT2D eigenvalue weighted by Gasteiger charge is -2.61.